The van der Waals surface area contributed by atoms with Crippen LogP contribution in [0, 0.1) is 0 Å². The van der Waals surface area contributed by atoms with E-state index in [9.17, 15) is 0 Å². The van der Waals surface area contributed by atoms with Gasteiger partial charge in [-0.25, -0.2) is 0 Å². The van der Waals surface area contributed by atoms with Crippen LogP contribution in [0.2, 0.25) is 0 Å². The van der Waals surface area contributed by atoms with Gasteiger partial charge in [-0.3, -0.25) is 0 Å². The normalized spacial score (nSPS) is 19.4. The summed E-state index contributed by atoms with van der Waals surface area (Å²) in [6, 6.07) is 4.01. The van der Waals surface area contributed by atoms with Gasteiger partial charge < -0.3 is 8.39 Å². The molecule has 14 heavy (non-hydrogen) atoms. The Balaban J connectivity index is 2.13. The Bertz CT molecular complexity index is 269. The van der Waals surface area contributed by atoms with Crippen molar-refractivity contribution in [3.05, 3.63) is 24.2 Å². The van der Waals surface area contributed by atoms with Crippen molar-refractivity contribution in [3.63, 3.8) is 0 Å². The van der Waals surface area contributed by atoms with E-state index in [4.69, 9.17) is 8.39 Å². The lowest BCUT2D eigenvalue weighted by Gasteiger charge is -2.10. The van der Waals surface area contributed by atoms with Crippen molar-refractivity contribution in [1.29, 1.82) is 0 Å². The van der Waals surface area contributed by atoms with Crippen LogP contribution in [0.15, 0.2) is 26.8 Å². The predicted octanol–water partition coefficient (Wildman–Crippen LogP) is 4.47. The molecule has 0 spiro atoms. The fourth-order valence-corrected chi connectivity index (χ4v) is 2.60. The maximum atomic E-state index is 5.60. The Labute approximate surface area is 86.3 Å². The van der Waals surface area contributed by atoms with Gasteiger partial charge >= 0.3 is 0 Å². The summed E-state index contributed by atoms with van der Waals surface area (Å²) in [5, 5.41) is 0. The van der Waals surface area contributed by atoms with Gasteiger partial charge in [-0.2, -0.15) is 0 Å². The molecule has 1 atom stereocenters. The van der Waals surface area contributed by atoms with Gasteiger partial charge in [0, 0.05) is 5.92 Å². The molecule has 1 heterocycles. The van der Waals surface area contributed by atoms with Crippen molar-refractivity contribution >= 4 is 8.67 Å². The molecule has 0 N–H and O–H groups in total. The molecule has 78 valence electrons. The minimum Gasteiger partial charge on any atom is -0.430 e. The predicted molar refractivity (Wildman–Crippen MR) is 58.5 cm³/mol. The highest BCUT2D eigenvalue weighted by atomic mass is 31.1. The lowest BCUT2D eigenvalue weighted by atomic mass is 9.98. The Hall–Kier alpha value is -0.620. The van der Waals surface area contributed by atoms with Crippen LogP contribution in [-0.2, 0) is 0 Å². The molecule has 0 bridgehead atoms. The molecular formula is C11H17O2P. The van der Waals surface area contributed by atoms with Crippen LogP contribution >= 0.6 is 8.67 Å². The monoisotopic (exact) mass is 212 g/mol. The first kappa shape index (κ1) is 9.92. The molecule has 1 saturated carbocycles. The molecule has 1 aromatic rings. The van der Waals surface area contributed by atoms with Gasteiger partial charge in [-0.1, -0.05) is 25.7 Å². The summed E-state index contributed by atoms with van der Waals surface area (Å²) in [6.07, 6.45) is 9.74. The maximum Gasteiger partial charge on any atom is 0.200 e. The lowest BCUT2D eigenvalue weighted by Crippen LogP contribution is -1.94. The molecule has 2 rings (SSSR count). The molecule has 1 fully saturated rings. The third-order valence-corrected chi connectivity index (χ3v) is 3.42. The molecule has 1 aromatic heterocycles. The van der Waals surface area contributed by atoms with Gasteiger partial charge in [-0.05, 0) is 25.0 Å². The van der Waals surface area contributed by atoms with Gasteiger partial charge in [0.15, 0.2) is 0 Å². The molecule has 2 nitrogen and oxygen atoms in total. The van der Waals surface area contributed by atoms with Crippen molar-refractivity contribution in [1.82, 2.24) is 0 Å². The van der Waals surface area contributed by atoms with E-state index in [0.29, 0.717) is 5.92 Å². The van der Waals surface area contributed by atoms with Gasteiger partial charge in [-0.15, -0.1) is 0 Å². The smallest absolute Gasteiger partial charge is 0.200 e. The maximum absolute atomic E-state index is 5.60. The molecule has 0 aromatic carbocycles. The van der Waals surface area contributed by atoms with E-state index in [0.717, 1.165) is 5.76 Å². The second-order valence-electron chi connectivity index (χ2n) is 3.89. The zero-order chi connectivity index (χ0) is 9.64. The van der Waals surface area contributed by atoms with Crippen molar-refractivity contribution in [2.24, 2.45) is 0 Å². The largest absolute Gasteiger partial charge is 0.430 e. The first-order chi connectivity index (χ1) is 6.97. The van der Waals surface area contributed by atoms with Crippen molar-refractivity contribution in [2.45, 2.75) is 44.4 Å². The third-order valence-electron chi connectivity index (χ3n) is 2.87. The molecular weight excluding hydrogens is 195 g/mol. The first-order valence-corrected chi connectivity index (χ1v) is 6.23. The molecule has 1 aliphatic rings. The summed E-state index contributed by atoms with van der Waals surface area (Å²) in [5.41, 5.74) is 0. The van der Waals surface area contributed by atoms with E-state index in [-0.39, 0.29) is 8.67 Å². The first-order valence-electron chi connectivity index (χ1n) is 5.41. The quantitative estimate of drug-likeness (QED) is 0.642. The molecule has 1 aliphatic carbocycles. The molecule has 0 aliphatic heterocycles. The molecule has 3 heteroatoms. The highest BCUT2D eigenvalue weighted by Crippen LogP contribution is 2.31. The third kappa shape index (κ3) is 2.68. The number of hydrogen-bond donors (Lipinski definition) is 0. The van der Waals surface area contributed by atoms with Gasteiger partial charge in [0.25, 0.3) is 0 Å². The van der Waals surface area contributed by atoms with Crippen molar-refractivity contribution in [3.8, 4) is 0 Å². The summed E-state index contributed by atoms with van der Waals surface area (Å²) in [5.74, 6) is 1.77. The van der Waals surface area contributed by atoms with Gasteiger partial charge in [0.2, 0.25) is 8.67 Å². The van der Waals surface area contributed by atoms with Crippen LogP contribution in [0.25, 0.3) is 0 Å². The molecule has 1 unspecified atom stereocenters. The summed E-state index contributed by atoms with van der Waals surface area (Å²) < 4.78 is 10.7. The van der Waals surface area contributed by atoms with Crippen LogP contribution in [0.3, 0.4) is 0 Å². The summed E-state index contributed by atoms with van der Waals surface area (Å²) in [7, 11) is 0.142. The van der Waals surface area contributed by atoms with Gasteiger partial charge in [0.05, 0.1) is 6.26 Å². The van der Waals surface area contributed by atoms with Crippen LogP contribution in [0.4, 0.5) is 0 Å². The van der Waals surface area contributed by atoms with Crippen LogP contribution in [0.5, 0.6) is 0 Å². The standard InChI is InChI=1S/C11H17O2P/c1-2-4-7-10(6-3-1)11-8-5-9-12-14-13-11/h5,8-10,14H,1-4,6-7H2. The fraction of sp³-hybridized carbons (Fsp3) is 0.636. The van der Waals surface area contributed by atoms with Crippen LogP contribution in [-0.4, -0.2) is 0 Å². The van der Waals surface area contributed by atoms with Crippen molar-refractivity contribution in [2.75, 3.05) is 0 Å². The molecule has 0 saturated heterocycles. The summed E-state index contributed by atoms with van der Waals surface area (Å²) in [4.78, 5) is 0. The van der Waals surface area contributed by atoms with E-state index in [2.05, 4.69) is 6.07 Å². The SMILES string of the molecule is c1co[pH]oc(C2CCCCCC2)c1. The number of rotatable bonds is 1. The van der Waals surface area contributed by atoms with E-state index in [1.54, 1.807) is 6.26 Å². The number of hydrogen-bond acceptors (Lipinski definition) is 2. The minimum absolute atomic E-state index is 0.142. The Kier molecular flexibility index (Phi) is 3.76. The summed E-state index contributed by atoms with van der Waals surface area (Å²) in [6.45, 7) is 0. The zero-order valence-corrected chi connectivity index (χ0v) is 9.37. The second kappa shape index (κ2) is 5.31. The highest BCUT2D eigenvalue weighted by molar-refractivity contribution is 7.15. The average molecular weight is 212 g/mol. The molecule has 0 radical (unpaired) electrons. The lowest BCUT2D eigenvalue weighted by molar-refractivity contribution is 0.472. The Morgan fingerprint density at radius 2 is 1.93 bits per heavy atom. The topological polar surface area (TPSA) is 26.3 Å². The van der Waals surface area contributed by atoms with E-state index < -0.39 is 0 Å². The second-order valence-corrected chi connectivity index (χ2v) is 4.50. The average Bonchev–Trinajstić information content (AvgIpc) is 2.62. The summed E-state index contributed by atoms with van der Waals surface area (Å²) >= 11 is 0. The van der Waals surface area contributed by atoms with E-state index in [1.165, 1.54) is 38.5 Å². The van der Waals surface area contributed by atoms with E-state index in [1.807, 2.05) is 6.07 Å². The highest BCUT2D eigenvalue weighted by Gasteiger charge is 2.15. The zero-order valence-electron chi connectivity index (χ0n) is 8.37. The molecule has 0 amide bonds. The Morgan fingerprint density at radius 3 is 2.71 bits per heavy atom. The van der Waals surface area contributed by atoms with E-state index >= 15 is 0 Å². The van der Waals surface area contributed by atoms with Crippen LogP contribution in [0.1, 0.15) is 50.2 Å². The van der Waals surface area contributed by atoms with Crippen molar-refractivity contribution < 1.29 is 8.39 Å². The fourth-order valence-electron chi connectivity index (χ4n) is 2.09. The minimum atomic E-state index is 0.142. The van der Waals surface area contributed by atoms with Gasteiger partial charge in [0.1, 0.15) is 5.76 Å². The van der Waals surface area contributed by atoms with Crippen LogP contribution < -0.4 is 0 Å². The Morgan fingerprint density at radius 1 is 1.14 bits per heavy atom.